The van der Waals surface area contributed by atoms with Gasteiger partial charge in [0.05, 0.1) is 38.4 Å². The molecule has 1 heteroatoms. The van der Waals surface area contributed by atoms with Gasteiger partial charge in [-0.25, -0.2) is 0 Å². The Hall–Kier alpha value is -6.18. The Morgan fingerprint density at radius 1 is 0.362 bits per heavy atom. The molecule has 1 nitrogen and oxygen atoms in total. The summed E-state index contributed by atoms with van der Waals surface area (Å²) in [5.41, 5.74) is -6.06. The van der Waals surface area contributed by atoms with Crippen molar-refractivity contribution >= 4 is 65.0 Å². The number of benzene rings is 9. The van der Waals surface area contributed by atoms with E-state index in [1.54, 1.807) is 0 Å². The molecule has 0 saturated heterocycles. The van der Waals surface area contributed by atoms with Crippen LogP contribution in [-0.2, 0) is 0 Å². The standard InChI is InChI=1S/C46H28O/c1-2-13-31-27-34(24-23-29(31)11-1)44-39-19-7-5-17-37(39)43(38-18-6-8-20-40(38)44)33-15-9-14-32(28-33)36-21-10-22-41-45-35-16-4-3-12-30(35)25-26-42(45)47-46(36)41/h1-28H/i1D,2D,3D,4D,5D,6D,7D,8D,9D,10D,11D,12D,13D,14D,15D,16D,17D,18D,19D,20D,21D,22D,23D,24D,25D,26D,27D,28D. The summed E-state index contributed by atoms with van der Waals surface area (Å²) in [5.74, 6) is 0. The van der Waals surface area contributed by atoms with Crippen LogP contribution in [0, 0.1) is 0 Å². The highest BCUT2D eigenvalue weighted by atomic mass is 16.3. The molecule has 0 fully saturated rings. The zero-order chi connectivity index (χ0) is 55.3. The van der Waals surface area contributed by atoms with E-state index in [0.29, 0.717) is 0 Å². The van der Waals surface area contributed by atoms with Crippen molar-refractivity contribution < 1.29 is 42.8 Å². The molecular formula is C46H28O. The molecule has 0 atom stereocenters. The largest absolute Gasteiger partial charge is 0.455 e. The lowest BCUT2D eigenvalue weighted by Crippen LogP contribution is -1.91. The van der Waals surface area contributed by atoms with Gasteiger partial charge in [0.15, 0.2) is 0 Å². The van der Waals surface area contributed by atoms with E-state index in [1.807, 2.05) is 0 Å². The lowest BCUT2D eigenvalue weighted by Gasteiger charge is -2.18. The molecule has 0 aliphatic rings. The molecule has 10 aromatic rings. The van der Waals surface area contributed by atoms with Crippen LogP contribution in [0.5, 0.6) is 0 Å². The summed E-state index contributed by atoms with van der Waals surface area (Å²) >= 11 is 0. The van der Waals surface area contributed by atoms with Crippen molar-refractivity contribution in [1.29, 1.82) is 0 Å². The average Bonchev–Trinajstić information content (AvgIpc) is 3.77. The maximum atomic E-state index is 9.96. The Labute approximate surface area is 311 Å². The topological polar surface area (TPSA) is 13.1 Å². The molecule has 0 spiro atoms. The van der Waals surface area contributed by atoms with Gasteiger partial charge in [-0.3, -0.25) is 0 Å². The van der Waals surface area contributed by atoms with E-state index in [1.165, 1.54) is 0 Å². The Balaban J connectivity index is 1.48. The molecule has 47 heavy (non-hydrogen) atoms. The van der Waals surface area contributed by atoms with Gasteiger partial charge in [0.25, 0.3) is 0 Å². The third kappa shape index (κ3) is 3.97. The Kier molecular flexibility index (Phi) is 2.31. The second kappa shape index (κ2) is 10.2. The third-order valence-corrected chi connectivity index (χ3v) is 7.75. The summed E-state index contributed by atoms with van der Waals surface area (Å²) in [6.45, 7) is 0. The van der Waals surface area contributed by atoms with Gasteiger partial charge >= 0.3 is 0 Å². The zero-order valence-electron chi connectivity index (χ0n) is 51.4. The summed E-state index contributed by atoms with van der Waals surface area (Å²) in [6.07, 6.45) is 0. The summed E-state index contributed by atoms with van der Waals surface area (Å²) < 4.78 is 258. The highest BCUT2D eigenvalue weighted by molar-refractivity contribution is 6.23. The van der Waals surface area contributed by atoms with E-state index in [2.05, 4.69) is 0 Å². The van der Waals surface area contributed by atoms with Crippen LogP contribution in [0.25, 0.3) is 98.4 Å². The van der Waals surface area contributed by atoms with Crippen molar-refractivity contribution in [3.05, 3.63) is 169 Å². The first kappa shape index (κ1) is 10.7. The minimum absolute atomic E-state index is 0.392. The molecule has 218 valence electrons. The van der Waals surface area contributed by atoms with Crippen LogP contribution in [0.15, 0.2) is 174 Å². The summed E-state index contributed by atoms with van der Waals surface area (Å²) in [6, 6.07) is -25.9. The summed E-state index contributed by atoms with van der Waals surface area (Å²) in [4.78, 5) is 0. The number of furan rings is 1. The molecule has 0 saturated carbocycles. The molecule has 0 aliphatic carbocycles. The van der Waals surface area contributed by atoms with E-state index in [0.717, 1.165) is 0 Å². The van der Waals surface area contributed by atoms with E-state index in [4.69, 9.17) is 27.7 Å². The number of para-hydroxylation sites is 1. The van der Waals surface area contributed by atoms with Crippen LogP contribution in [0.3, 0.4) is 0 Å². The lowest BCUT2D eigenvalue weighted by atomic mass is 9.85. The smallest absolute Gasteiger partial charge is 0.143 e. The van der Waals surface area contributed by atoms with Crippen molar-refractivity contribution in [2.24, 2.45) is 0 Å². The first-order chi connectivity index (χ1) is 35.0. The quantitative estimate of drug-likeness (QED) is 0.178. The predicted octanol–water partition coefficient (Wildman–Crippen LogP) is 13.2. The van der Waals surface area contributed by atoms with Gasteiger partial charge in [-0.2, -0.15) is 0 Å². The van der Waals surface area contributed by atoms with Gasteiger partial charge < -0.3 is 4.42 Å². The fourth-order valence-electron chi connectivity index (χ4n) is 5.78. The van der Waals surface area contributed by atoms with Gasteiger partial charge in [0.2, 0.25) is 0 Å². The maximum absolute atomic E-state index is 9.96. The Morgan fingerprint density at radius 2 is 0.894 bits per heavy atom. The number of hydrogen-bond donors (Lipinski definition) is 0. The SMILES string of the molecule is [2H]c1c([2H])c(-c2c([2H])c([2H])c([2H])c3c2oc2c([2H])c([2H])c4c([2H])c([2H])c([2H])c([2H])c4c23)c([2H])c(-c2c3c([2H])c([2H])c([2H])c([2H])c3c(-c3c([2H])c([2H])c4c([2H])c([2H])c([2H])c([2H])c4c3[2H])c3c([2H])c([2H])c([2H])c([2H])c23)c1[2H]. The van der Waals surface area contributed by atoms with Gasteiger partial charge in [-0.1, -0.05) is 151 Å². The van der Waals surface area contributed by atoms with Crippen LogP contribution in [0.4, 0.5) is 0 Å². The molecular weight excluding hydrogens is 569 g/mol. The number of rotatable bonds is 3. The molecule has 0 aliphatic heterocycles. The van der Waals surface area contributed by atoms with Crippen molar-refractivity contribution in [3.8, 4) is 33.4 Å². The molecule has 1 aromatic heterocycles. The van der Waals surface area contributed by atoms with E-state index < -0.39 is 268 Å². The highest BCUT2D eigenvalue weighted by Crippen LogP contribution is 2.45. The van der Waals surface area contributed by atoms with Gasteiger partial charge in [-0.15, -0.1) is 0 Å². The van der Waals surface area contributed by atoms with E-state index in [-0.39, 0.29) is 0 Å². The predicted molar refractivity (Wildman–Crippen MR) is 200 cm³/mol. The van der Waals surface area contributed by atoms with Gasteiger partial charge in [-0.05, 0) is 89.0 Å². The molecule has 0 bridgehead atoms. The fraction of sp³-hybridized carbons (Fsp3) is 0. The molecule has 1 heterocycles. The minimum Gasteiger partial charge on any atom is -0.455 e. The Morgan fingerprint density at radius 3 is 1.62 bits per heavy atom. The fourth-order valence-corrected chi connectivity index (χ4v) is 5.78. The lowest BCUT2D eigenvalue weighted by molar-refractivity contribution is 0.670. The molecule has 0 amide bonds. The first-order valence-corrected chi connectivity index (χ1v) is 13.9. The minimum atomic E-state index is -1.09. The van der Waals surface area contributed by atoms with Crippen molar-refractivity contribution in [2.75, 3.05) is 0 Å². The van der Waals surface area contributed by atoms with Crippen LogP contribution < -0.4 is 0 Å². The van der Waals surface area contributed by atoms with Crippen molar-refractivity contribution in [1.82, 2.24) is 0 Å². The molecule has 10 rings (SSSR count). The van der Waals surface area contributed by atoms with Crippen LogP contribution in [0.2, 0.25) is 0 Å². The van der Waals surface area contributed by atoms with Gasteiger partial charge in [0, 0.05) is 16.3 Å². The van der Waals surface area contributed by atoms with Crippen LogP contribution in [0.1, 0.15) is 38.4 Å². The monoisotopic (exact) mass is 624 g/mol. The number of fused-ring (bicyclic) bond motifs is 8. The van der Waals surface area contributed by atoms with Crippen molar-refractivity contribution in [3.63, 3.8) is 0 Å². The van der Waals surface area contributed by atoms with Crippen LogP contribution >= 0.6 is 0 Å². The molecule has 0 radical (unpaired) electrons. The average molecular weight is 625 g/mol. The number of hydrogen-bond acceptors (Lipinski definition) is 1. The molecule has 0 unspecified atom stereocenters. The van der Waals surface area contributed by atoms with Gasteiger partial charge in [0.1, 0.15) is 11.2 Å². The van der Waals surface area contributed by atoms with Crippen LogP contribution in [-0.4, -0.2) is 0 Å². The summed E-state index contributed by atoms with van der Waals surface area (Å²) in [5, 5.41) is -6.07. The zero-order valence-corrected chi connectivity index (χ0v) is 23.4. The highest BCUT2D eigenvalue weighted by Gasteiger charge is 2.19. The van der Waals surface area contributed by atoms with Crippen molar-refractivity contribution in [2.45, 2.75) is 0 Å². The Bertz CT molecular complexity index is 4360. The second-order valence-electron chi connectivity index (χ2n) is 10.3. The maximum Gasteiger partial charge on any atom is 0.143 e. The molecule has 9 aromatic carbocycles. The summed E-state index contributed by atoms with van der Waals surface area (Å²) in [7, 11) is 0. The molecule has 0 N–H and O–H groups in total. The normalized spacial score (nSPS) is 20.2. The first-order valence-electron chi connectivity index (χ1n) is 27.9. The van der Waals surface area contributed by atoms with E-state index >= 15 is 0 Å². The third-order valence-electron chi connectivity index (χ3n) is 7.75. The second-order valence-corrected chi connectivity index (χ2v) is 10.3. The van der Waals surface area contributed by atoms with E-state index in [9.17, 15) is 15.1 Å².